The molecule has 4 heterocycles. The van der Waals surface area contributed by atoms with E-state index in [0.29, 0.717) is 54.4 Å². The highest BCUT2D eigenvalue weighted by molar-refractivity contribution is 6.00. The van der Waals surface area contributed by atoms with Crippen LogP contribution in [0.25, 0.3) is 28.0 Å². The van der Waals surface area contributed by atoms with Gasteiger partial charge in [-0.3, -0.25) is 9.20 Å². The Morgan fingerprint density at radius 2 is 2.04 bits per heavy atom. The van der Waals surface area contributed by atoms with Gasteiger partial charge in [-0.25, -0.2) is 4.98 Å². The minimum absolute atomic E-state index is 0.0448. The number of ether oxygens (including phenoxy) is 1. The predicted molar refractivity (Wildman–Crippen MR) is 99.6 cm³/mol. The van der Waals surface area contributed by atoms with Gasteiger partial charge < -0.3 is 14.2 Å². The molecule has 0 N–H and O–H groups in total. The van der Waals surface area contributed by atoms with Crippen molar-refractivity contribution in [2.75, 3.05) is 26.3 Å². The molecule has 1 aliphatic heterocycles. The Kier molecular flexibility index (Phi) is 3.81. The van der Waals surface area contributed by atoms with E-state index in [1.165, 1.54) is 0 Å². The largest absolute Gasteiger partial charge is 0.378 e. The van der Waals surface area contributed by atoms with Crippen molar-refractivity contribution in [2.45, 2.75) is 0 Å². The average Bonchev–Trinajstić information content (AvgIpc) is 3.36. The molecule has 1 saturated heterocycles. The van der Waals surface area contributed by atoms with Crippen LogP contribution in [0.5, 0.6) is 0 Å². The molecule has 0 radical (unpaired) electrons. The molecule has 28 heavy (non-hydrogen) atoms. The van der Waals surface area contributed by atoms with Crippen LogP contribution in [0.15, 0.2) is 47.2 Å². The van der Waals surface area contributed by atoms with E-state index in [2.05, 4.69) is 16.2 Å². The van der Waals surface area contributed by atoms with Crippen LogP contribution >= 0.6 is 0 Å². The molecule has 0 saturated carbocycles. The van der Waals surface area contributed by atoms with Gasteiger partial charge in [0.15, 0.2) is 5.58 Å². The van der Waals surface area contributed by atoms with Crippen LogP contribution < -0.4 is 0 Å². The number of imidazole rings is 1. The minimum Gasteiger partial charge on any atom is -0.378 e. The molecule has 138 valence electrons. The fourth-order valence-corrected chi connectivity index (χ4v) is 3.43. The molecule has 0 aliphatic carbocycles. The van der Waals surface area contributed by atoms with Gasteiger partial charge in [-0.1, -0.05) is 5.16 Å². The van der Waals surface area contributed by atoms with E-state index in [0.717, 1.165) is 11.1 Å². The maximum absolute atomic E-state index is 12.7. The van der Waals surface area contributed by atoms with Gasteiger partial charge >= 0.3 is 0 Å². The minimum atomic E-state index is -0.0448. The first kappa shape index (κ1) is 16.5. The van der Waals surface area contributed by atoms with Crippen molar-refractivity contribution in [1.82, 2.24) is 19.4 Å². The number of hydrogen-bond acceptors (Lipinski definition) is 6. The summed E-state index contributed by atoms with van der Waals surface area (Å²) in [5.74, 6) is -0.0448. The lowest BCUT2D eigenvalue weighted by Gasteiger charge is -2.26. The third-order valence-corrected chi connectivity index (χ3v) is 4.89. The van der Waals surface area contributed by atoms with E-state index < -0.39 is 0 Å². The van der Waals surface area contributed by atoms with Crippen molar-refractivity contribution in [3.05, 3.63) is 53.9 Å². The molecule has 0 unspecified atom stereocenters. The van der Waals surface area contributed by atoms with E-state index in [1.807, 2.05) is 10.5 Å². The summed E-state index contributed by atoms with van der Waals surface area (Å²) in [7, 11) is 0. The van der Waals surface area contributed by atoms with Gasteiger partial charge in [0, 0.05) is 24.8 Å². The first-order valence-electron chi connectivity index (χ1n) is 8.88. The topological polar surface area (TPSA) is 96.7 Å². The van der Waals surface area contributed by atoms with E-state index in [1.54, 1.807) is 41.6 Å². The number of nitriles is 1. The summed E-state index contributed by atoms with van der Waals surface area (Å²) in [6.45, 7) is 2.28. The highest BCUT2D eigenvalue weighted by atomic mass is 16.5. The zero-order valence-corrected chi connectivity index (χ0v) is 14.8. The Bertz CT molecular complexity index is 1240. The number of morpholine rings is 1. The monoisotopic (exact) mass is 373 g/mol. The molecule has 0 bridgehead atoms. The molecular weight excluding hydrogens is 358 g/mol. The van der Waals surface area contributed by atoms with Crippen molar-refractivity contribution in [1.29, 1.82) is 5.26 Å². The number of nitrogens with zero attached hydrogens (tertiary/aromatic N) is 5. The highest BCUT2D eigenvalue weighted by Gasteiger charge is 2.21. The molecule has 4 aromatic rings. The third kappa shape index (κ3) is 2.61. The van der Waals surface area contributed by atoms with Crippen LogP contribution in [0, 0.1) is 11.3 Å². The zero-order valence-electron chi connectivity index (χ0n) is 14.8. The third-order valence-electron chi connectivity index (χ3n) is 4.89. The van der Waals surface area contributed by atoms with E-state index in [4.69, 9.17) is 14.5 Å². The number of rotatable bonds is 2. The van der Waals surface area contributed by atoms with E-state index >= 15 is 0 Å². The second-order valence-electron chi connectivity index (χ2n) is 6.55. The molecule has 1 fully saturated rings. The molecular formula is C20H15N5O3. The second kappa shape index (κ2) is 6.48. The standard InChI is InChI=1S/C20H15N5O3/c21-10-13-1-4-18-22-11-16(25(18)12-13)19-15-3-2-14(9-17(15)28-23-19)20(26)24-5-7-27-8-6-24/h1-4,9,11-12H,5-8H2. The van der Waals surface area contributed by atoms with E-state index in [9.17, 15) is 4.79 Å². The van der Waals surface area contributed by atoms with Gasteiger partial charge in [0.1, 0.15) is 17.4 Å². The number of carbonyl (C=O) groups excluding carboxylic acids is 1. The normalized spacial score (nSPS) is 14.5. The summed E-state index contributed by atoms with van der Waals surface area (Å²) in [5, 5.41) is 14.1. The molecule has 3 aromatic heterocycles. The summed E-state index contributed by atoms with van der Waals surface area (Å²) in [6, 6.07) is 11.0. The molecule has 0 atom stereocenters. The molecule has 8 nitrogen and oxygen atoms in total. The Hall–Kier alpha value is -3.70. The van der Waals surface area contributed by atoms with Crippen molar-refractivity contribution in [2.24, 2.45) is 0 Å². The van der Waals surface area contributed by atoms with Gasteiger partial charge in [0.05, 0.1) is 36.1 Å². The SMILES string of the molecule is N#Cc1ccc2ncc(-c3noc4cc(C(=O)N5CCOCC5)ccc34)n2c1. The molecule has 5 rings (SSSR count). The number of aromatic nitrogens is 3. The maximum atomic E-state index is 12.7. The Labute approximate surface area is 159 Å². The lowest BCUT2D eigenvalue weighted by molar-refractivity contribution is 0.0303. The zero-order chi connectivity index (χ0) is 19.1. The number of amides is 1. The molecule has 0 spiro atoms. The van der Waals surface area contributed by atoms with E-state index in [-0.39, 0.29) is 5.91 Å². The van der Waals surface area contributed by atoms with Gasteiger partial charge in [-0.2, -0.15) is 5.26 Å². The van der Waals surface area contributed by atoms with Crippen LogP contribution in [-0.4, -0.2) is 51.7 Å². The summed E-state index contributed by atoms with van der Waals surface area (Å²) < 4.78 is 12.6. The smallest absolute Gasteiger partial charge is 0.254 e. The summed E-state index contributed by atoms with van der Waals surface area (Å²) in [6.07, 6.45) is 3.41. The number of benzene rings is 1. The van der Waals surface area contributed by atoms with Gasteiger partial charge in [-0.05, 0) is 30.3 Å². The van der Waals surface area contributed by atoms with Crippen LogP contribution in [0.3, 0.4) is 0 Å². The molecule has 1 aliphatic rings. The Balaban J connectivity index is 1.56. The van der Waals surface area contributed by atoms with Crippen LogP contribution in [0.2, 0.25) is 0 Å². The van der Waals surface area contributed by atoms with Crippen molar-refractivity contribution < 1.29 is 14.1 Å². The number of pyridine rings is 1. The van der Waals surface area contributed by atoms with Gasteiger partial charge in [-0.15, -0.1) is 0 Å². The summed E-state index contributed by atoms with van der Waals surface area (Å²) in [5.41, 5.74) is 3.66. The lowest BCUT2D eigenvalue weighted by atomic mass is 10.1. The average molecular weight is 373 g/mol. The van der Waals surface area contributed by atoms with Gasteiger partial charge in [0.2, 0.25) is 0 Å². The highest BCUT2D eigenvalue weighted by Crippen LogP contribution is 2.29. The van der Waals surface area contributed by atoms with Gasteiger partial charge in [0.25, 0.3) is 5.91 Å². The quantitative estimate of drug-likeness (QED) is 0.536. The molecule has 1 aromatic carbocycles. The lowest BCUT2D eigenvalue weighted by Crippen LogP contribution is -2.40. The summed E-state index contributed by atoms with van der Waals surface area (Å²) >= 11 is 0. The first-order valence-corrected chi connectivity index (χ1v) is 8.88. The number of hydrogen-bond donors (Lipinski definition) is 0. The Morgan fingerprint density at radius 3 is 2.86 bits per heavy atom. The number of fused-ring (bicyclic) bond motifs is 2. The van der Waals surface area contributed by atoms with Crippen LogP contribution in [-0.2, 0) is 4.74 Å². The molecule has 1 amide bonds. The number of carbonyl (C=O) groups is 1. The van der Waals surface area contributed by atoms with Crippen molar-refractivity contribution in [3.63, 3.8) is 0 Å². The summed E-state index contributed by atoms with van der Waals surface area (Å²) in [4.78, 5) is 18.8. The fraction of sp³-hybridized carbons (Fsp3) is 0.200. The van der Waals surface area contributed by atoms with Crippen molar-refractivity contribution in [3.8, 4) is 17.5 Å². The fourth-order valence-electron chi connectivity index (χ4n) is 3.43. The maximum Gasteiger partial charge on any atom is 0.254 e. The predicted octanol–water partition coefficient (Wildman–Crippen LogP) is 2.49. The van der Waals surface area contributed by atoms with Crippen LogP contribution in [0.4, 0.5) is 0 Å². The molecule has 8 heteroatoms. The first-order chi connectivity index (χ1) is 13.7. The second-order valence-corrected chi connectivity index (χ2v) is 6.55. The van der Waals surface area contributed by atoms with Crippen molar-refractivity contribution >= 4 is 22.5 Å². The Morgan fingerprint density at radius 1 is 1.18 bits per heavy atom. The van der Waals surface area contributed by atoms with Crippen LogP contribution in [0.1, 0.15) is 15.9 Å².